The van der Waals surface area contributed by atoms with Gasteiger partial charge >= 0.3 is 6.03 Å². The molecule has 0 aromatic heterocycles. The molecule has 1 aliphatic rings. The Kier molecular flexibility index (Phi) is 4.98. The monoisotopic (exact) mass is 304 g/mol. The number of rotatable bonds is 2. The van der Waals surface area contributed by atoms with Crippen molar-refractivity contribution in [1.29, 1.82) is 0 Å². The molecule has 0 aliphatic carbocycles. The third-order valence-electron chi connectivity index (χ3n) is 3.45. The highest BCUT2D eigenvalue weighted by molar-refractivity contribution is 5.92. The SMILES string of the molecule is CC(=O)Nc1cccc(NC(=O)N2CCN(C(C)=O)CC2)c1. The number of urea groups is 1. The number of benzene rings is 1. The van der Waals surface area contributed by atoms with E-state index in [2.05, 4.69) is 10.6 Å². The first kappa shape index (κ1) is 15.8. The van der Waals surface area contributed by atoms with Crippen molar-refractivity contribution in [1.82, 2.24) is 9.80 Å². The molecular formula is C15H20N4O3. The van der Waals surface area contributed by atoms with Crippen LogP contribution in [0.1, 0.15) is 13.8 Å². The normalized spacial score (nSPS) is 14.5. The van der Waals surface area contributed by atoms with E-state index in [1.165, 1.54) is 13.8 Å². The highest BCUT2D eigenvalue weighted by Gasteiger charge is 2.22. The van der Waals surface area contributed by atoms with Crippen molar-refractivity contribution >= 4 is 29.2 Å². The van der Waals surface area contributed by atoms with Gasteiger partial charge in [-0.15, -0.1) is 0 Å². The molecule has 2 N–H and O–H groups in total. The predicted molar refractivity (Wildman–Crippen MR) is 83.6 cm³/mol. The van der Waals surface area contributed by atoms with Crippen molar-refractivity contribution in [2.24, 2.45) is 0 Å². The lowest BCUT2D eigenvalue weighted by Crippen LogP contribution is -2.51. The van der Waals surface area contributed by atoms with Crippen LogP contribution in [-0.2, 0) is 9.59 Å². The van der Waals surface area contributed by atoms with Crippen LogP contribution in [0.15, 0.2) is 24.3 Å². The van der Waals surface area contributed by atoms with Crippen LogP contribution in [0.3, 0.4) is 0 Å². The van der Waals surface area contributed by atoms with Gasteiger partial charge in [0.25, 0.3) is 0 Å². The fourth-order valence-electron chi connectivity index (χ4n) is 2.30. The number of carbonyl (C=O) groups excluding carboxylic acids is 3. The van der Waals surface area contributed by atoms with E-state index >= 15 is 0 Å². The first-order chi connectivity index (χ1) is 10.5. The second-order valence-corrected chi connectivity index (χ2v) is 5.19. The van der Waals surface area contributed by atoms with Gasteiger partial charge in [-0.05, 0) is 18.2 Å². The van der Waals surface area contributed by atoms with Crippen LogP contribution < -0.4 is 10.6 Å². The Morgan fingerprint density at radius 2 is 1.45 bits per heavy atom. The molecule has 1 aromatic carbocycles. The first-order valence-corrected chi connectivity index (χ1v) is 7.15. The molecule has 7 heteroatoms. The molecule has 22 heavy (non-hydrogen) atoms. The van der Waals surface area contributed by atoms with Gasteiger partial charge < -0.3 is 20.4 Å². The number of hydrogen-bond donors (Lipinski definition) is 2. The maximum atomic E-state index is 12.2. The number of hydrogen-bond acceptors (Lipinski definition) is 3. The molecule has 1 saturated heterocycles. The summed E-state index contributed by atoms with van der Waals surface area (Å²) in [4.78, 5) is 37.9. The molecular weight excluding hydrogens is 284 g/mol. The van der Waals surface area contributed by atoms with Crippen molar-refractivity contribution < 1.29 is 14.4 Å². The van der Waals surface area contributed by atoms with Gasteiger partial charge in [0.15, 0.2) is 0 Å². The minimum atomic E-state index is -0.205. The van der Waals surface area contributed by atoms with Crippen LogP contribution in [0, 0.1) is 0 Å². The lowest BCUT2D eigenvalue weighted by molar-refractivity contribution is -0.130. The highest BCUT2D eigenvalue weighted by atomic mass is 16.2. The number of anilines is 2. The van der Waals surface area contributed by atoms with E-state index in [0.29, 0.717) is 37.6 Å². The third kappa shape index (κ3) is 4.21. The average molecular weight is 304 g/mol. The Hall–Kier alpha value is -2.57. The average Bonchev–Trinajstić information content (AvgIpc) is 2.47. The number of piperazine rings is 1. The van der Waals surface area contributed by atoms with Gasteiger partial charge in [0, 0.05) is 51.4 Å². The zero-order valence-electron chi connectivity index (χ0n) is 12.8. The number of carbonyl (C=O) groups is 3. The second kappa shape index (κ2) is 6.93. The van der Waals surface area contributed by atoms with Gasteiger partial charge in [0.1, 0.15) is 0 Å². The summed E-state index contributed by atoms with van der Waals surface area (Å²) in [5.41, 5.74) is 1.25. The summed E-state index contributed by atoms with van der Waals surface area (Å²) >= 11 is 0. The summed E-state index contributed by atoms with van der Waals surface area (Å²) < 4.78 is 0. The van der Waals surface area contributed by atoms with Gasteiger partial charge in [0.2, 0.25) is 11.8 Å². The molecule has 7 nitrogen and oxygen atoms in total. The molecule has 1 fully saturated rings. The van der Waals surface area contributed by atoms with Crippen molar-refractivity contribution in [3.05, 3.63) is 24.3 Å². The predicted octanol–water partition coefficient (Wildman–Crippen LogP) is 1.34. The quantitative estimate of drug-likeness (QED) is 0.865. The molecule has 1 aromatic rings. The van der Waals surface area contributed by atoms with Crippen LogP contribution in [-0.4, -0.2) is 53.8 Å². The van der Waals surface area contributed by atoms with Crippen LogP contribution in [0.25, 0.3) is 0 Å². The molecule has 1 heterocycles. The van der Waals surface area contributed by atoms with E-state index in [1.807, 2.05) is 0 Å². The maximum Gasteiger partial charge on any atom is 0.321 e. The summed E-state index contributed by atoms with van der Waals surface area (Å²) in [7, 11) is 0. The van der Waals surface area contributed by atoms with E-state index in [4.69, 9.17) is 0 Å². The van der Waals surface area contributed by atoms with Crippen molar-refractivity contribution in [2.45, 2.75) is 13.8 Å². The first-order valence-electron chi connectivity index (χ1n) is 7.15. The minimum Gasteiger partial charge on any atom is -0.339 e. The van der Waals surface area contributed by atoms with E-state index in [0.717, 1.165) is 0 Å². The van der Waals surface area contributed by atoms with E-state index in [1.54, 1.807) is 34.1 Å². The van der Waals surface area contributed by atoms with Gasteiger partial charge in [-0.3, -0.25) is 9.59 Å². The summed E-state index contributed by atoms with van der Waals surface area (Å²) in [5.74, 6) is -0.133. The molecule has 0 spiro atoms. The third-order valence-corrected chi connectivity index (χ3v) is 3.45. The van der Waals surface area contributed by atoms with Gasteiger partial charge in [-0.2, -0.15) is 0 Å². The molecule has 2 rings (SSSR count). The molecule has 0 saturated carbocycles. The van der Waals surface area contributed by atoms with Gasteiger partial charge in [-0.1, -0.05) is 6.07 Å². The summed E-state index contributed by atoms with van der Waals surface area (Å²) in [6.45, 7) is 5.08. The van der Waals surface area contributed by atoms with E-state index in [9.17, 15) is 14.4 Å². The molecule has 1 aliphatic heterocycles. The van der Waals surface area contributed by atoms with E-state index < -0.39 is 0 Å². The number of nitrogens with one attached hydrogen (secondary N) is 2. The Balaban J connectivity index is 1.92. The molecule has 118 valence electrons. The summed E-state index contributed by atoms with van der Waals surface area (Å²) in [5, 5.41) is 5.47. The summed E-state index contributed by atoms with van der Waals surface area (Å²) in [6.07, 6.45) is 0. The highest BCUT2D eigenvalue weighted by Crippen LogP contribution is 2.16. The maximum absolute atomic E-state index is 12.2. The van der Waals surface area contributed by atoms with Crippen LogP contribution in [0.4, 0.5) is 16.2 Å². The van der Waals surface area contributed by atoms with Gasteiger partial charge in [-0.25, -0.2) is 4.79 Å². The van der Waals surface area contributed by atoms with Crippen molar-refractivity contribution in [2.75, 3.05) is 36.8 Å². The zero-order valence-corrected chi connectivity index (χ0v) is 12.8. The minimum absolute atomic E-state index is 0.0306. The molecule has 0 radical (unpaired) electrons. The molecule has 4 amide bonds. The van der Waals surface area contributed by atoms with Crippen molar-refractivity contribution in [3.8, 4) is 0 Å². The molecule has 0 bridgehead atoms. The van der Waals surface area contributed by atoms with Crippen molar-refractivity contribution in [3.63, 3.8) is 0 Å². The van der Waals surface area contributed by atoms with Crippen LogP contribution in [0.5, 0.6) is 0 Å². The Morgan fingerprint density at radius 3 is 2.00 bits per heavy atom. The van der Waals surface area contributed by atoms with E-state index in [-0.39, 0.29) is 17.8 Å². The lowest BCUT2D eigenvalue weighted by atomic mass is 10.2. The standard InChI is InChI=1S/C15H20N4O3/c1-11(20)16-13-4-3-5-14(10-13)17-15(22)19-8-6-18(7-9-19)12(2)21/h3-5,10H,6-9H2,1-2H3,(H,16,20)(H,17,22). The molecule has 0 atom stereocenters. The lowest BCUT2D eigenvalue weighted by Gasteiger charge is -2.34. The fraction of sp³-hybridized carbons (Fsp3) is 0.400. The fourth-order valence-corrected chi connectivity index (χ4v) is 2.30. The number of amides is 4. The topological polar surface area (TPSA) is 81.8 Å². The van der Waals surface area contributed by atoms with Gasteiger partial charge in [0.05, 0.1) is 0 Å². The molecule has 0 unspecified atom stereocenters. The smallest absolute Gasteiger partial charge is 0.321 e. The largest absolute Gasteiger partial charge is 0.339 e. The Bertz CT molecular complexity index is 580. The summed E-state index contributed by atoms with van der Waals surface area (Å²) in [6, 6.07) is 6.76. The Morgan fingerprint density at radius 1 is 0.909 bits per heavy atom. The second-order valence-electron chi connectivity index (χ2n) is 5.19. The Labute approximate surface area is 129 Å². The zero-order chi connectivity index (χ0) is 16.1. The van der Waals surface area contributed by atoms with Crippen LogP contribution >= 0.6 is 0 Å². The number of nitrogens with zero attached hydrogens (tertiary/aromatic N) is 2. The van der Waals surface area contributed by atoms with Crippen LogP contribution in [0.2, 0.25) is 0 Å².